The number of rotatable bonds is 3. The van der Waals surface area contributed by atoms with Crippen molar-refractivity contribution in [1.82, 2.24) is 10.2 Å². The molecule has 1 aliphatic heterocycles. The Morgan fingerprint density at radius 3 is 2.71 bits per heavy atom. The van der Waals surface area contributed by atoms with E-state index in [1.807, 2.05) is 7.05 Å². The van der Waals surface area contributed by atoms with Gasteiger partial charge in [0.25, 0.3) is 5.91 Å². The number of nitrogens with zero attached hydrogens (tertiary/aromatic N) is 1. The van der Waals surface area contributed by atoms with Gasteiger partial charge in [-0.3, -0.25) is 4.79 Å². The maximum absolute atomic E-state index is 12.7. The predicted molar refractivity (Wildman–Crippen MR) is 73.8 cm³/mol. The molecule has 4 nitrogen and oxygen atoms in total. The predicted octanol–water partition coefficient (Wildman–Crippen LogP) is 2.11. The fraction of sp³-hybridized carbons (Fsp3) is 0.500. The first kappa shape index (κ1) is 15.6. The highest BCUT2D eigenvalue weighted by Gasteiger charge is 2.31. The van der Waals surface area contributed by atoms with E-state index in [1.165, 1.54) is 6.07 Å². The minimum atomic E-state index is -4.52. The Morgan fingerprint density at radius 1 is 1.43 bits per heavy atom. The molecule has 1 amide bonds. The number of nitrogen functional groups attached to an aromatic ring is 1. The summed E-state index contributed by atoms with van der Waals surface area (Å²) < 4.78 is 38.1. The summed E-state index contributed by atoms with van der Waals surface area (Å²) in [7, 11) is 1.96. The van der Waals surface area contributed by atoms with Gasteiger partial charge >= 0.3 is 6.18 Å². The van der Waals surface area contributed by atoms with Crippen LogP contribution in [0.5, 0.6) is 0 Å². The minimum Gasteiger partial charge on any atom is -0.399 e. The van der Waals surface area contributed by atoms with Crippen molar-refractivity contribution in [2.24, 2.45) is 0 Å². The van der Waals surface area contributed by atoms with Gasteiger partial charge in [0.1, 0.15) is 0 Å². The second-order valence-electron chi connectivity index (χ2n) is 5.33. The standard InChI is InChI=1S/C14H18F3N3O/c1-20-4-2-3-12(20)8-19-13(21)9-5-10(14(15,16)17)7-11(18)6-9/h5-7,12H,2-4,8,18H2,1H3,(H,19,21). The van der Waals surface area contributed by atoms with Crippen LogP contribution in [0.4, 0.5) is 18.9 Å². The van der Waals surface area contributed by atoms with Crippen molar-refractivity contribution in [3.05, 3.63) is 29.3 Å². The van der Waals surface area contributed by atoms with Gasteiger partial charge in [-0.15, -0.1) is 0 Å². The second kappa shape index (κ2) is 5.93. The van der Waals surface area contributed by atoms with E-state index < -0.39 is 17.6 Å². The number of carbonyl (C=O) groups is 1. The van der Waals surface area contributed by atoms with E-state index in [2.05, 4.69) is 10.2 Å². The maximum Gasteiger partial charge on any atom is 0.416 e. The molecule has 0 spiro atoms. The van der Waals surface area contributed by atoms with E-state index in [-0.39, 0.29) is 17.3 Å². The summed E-state index contributed by atoms with van der Waals surface area (Å²) in [6, 6.07) is 3.13. The summed E-state index contributed by atoms with van der Waals surface area (Å²) in [5.41, 5.74) is 4.39. The zero-order chi connectivity index (χ0) is 15.6. The number of benzene rings is 1. The van der Waals surface area contributed by atoms with E-state index in [4.69, 9.17) is 5.73 Å². The number of likely N-dealkylation sites (N-methyl/N-ethyl adjacent to an activating group) is 1. The fourth-order valence-electron chi connectivity index (χ4n) is 2.50. The van der Waals surface area contributed by atoms with Crippen molar-refractivity contribution >= 4 is 11.6 Å². The Labute approximate surface area is 121 Å². The van der Waals surface area contributed by atoms with Crippen LogP contribution in [-0.2, 0) is 6.18 Å². The topological polar surface area (TPSA) is 58.4 Å². The van der Waals surface area contributed by atoms with Crippen molar-refractivity contribution < 1.29 is 18.0 Å². The zero-order valence-corrected chi connectivity index (χ0v) is 11.7. The van der Waals surface area contributed by atoms with Gasteiger partial charge < -0.3 is 16.0 Å². The Morgan fingerprint density at radius 2 is 2.14 bits per heavy atom. The molecule has 2 rings (SSSR count). The van der Waals surface area contributed by atoms with Crippen LogP contribution in [-0.4, -0.2) is 37.0 Å². The molecular formula is C14H18F3N3O. The summed E-state index contributed by atoms with van der Waals surface area (Å²) in [5.74, 6) is -0.534. The number of likely N-dealkylation sites (tertiary alicyclic amines) is 1. The van der Waals surface area contributed by atoms with Gasteiger partial charge in [0.05, 0.1) is 5.56 Å². The fourth-order valence-corrected chi connectivity index (χ4v) is 2.50. The first-order valence-corrected chi connectivity index (χ1v) is 6.73. The van der Waals surface area contributed by atoms with Crippen molar-refractivity contribution in [1.29, 1.82) is 0 Å². The normalized spacial score (nSPS) is 19.7. The molecule has 0 aromatic heterocycles. The van der Waals surface area contributed by atoms with Gasteiger partial charge in [0.15, 0.2) is 0 Å². The third kappa shape index (κ3) is 3.87. The van der Waals surface area contributed by atoms with Crippen LogP contribution in [0.1, 0.15) is 28.8 Å². The number of hydrogen-bond acceptors (Lipinski definition) is 3. The molecule has 7 heteroatoms. The molecule has 0 radical (unpaired) electrons. The quantitative estimate of drug-likeness (QED) is 0.841. The molecule has 1 aromatic rings. The monoisotopic (exact) mass is 301 g/mol. The number of nitrogens with two attached hydrogens (primary N) is 1. The first-order valence-electron chi connectivity index (χ1n) is 6.73. The van der Waals surface area contributed by atoms with Gasteiger partial charge in [-0.2, -0.15) is 13.2 Å². The van der Waals surface area contributed by atoms with E-state index in [0.29, 0.717) is 6.54 Å². The zero-order valence-electron chi connectivity index (χ0n) is 11.7. The van der Waals surface area contributed by atoms with E-state index in [0.717, 1.165) is 31.5 Å². The lowest BCUT2D eigenvalue weighted by Gasteiger charge is -2.19. The van der Waals surface area contributed by atoms with Gasteiger partial charge in [0, 0.05) is 23.8 Å². The summed E-state index contributed by atoms with van der Waals surface area (Å²) >= 11 is 0. The highest BCUT2D eigenvalue weighted by molar-refractivity contribution is 5.95. The SMILES string of the molecule is CN1CCCC1CNC(=O)c1cc(N)cc(C(F)(F)F)c1. The van der Waals surface area contributed by atoms with Gasteiger partial charge in [0.2, 0.25) is 0 Å². The molecule has 1 aliphatic rings. The van der Waals surface area contributed by atoms with Crippen molar-refractivity contribution in [3.8, 4) is 0 Å². The molecule has 1 unspecified atom stereocenters. The van der Waals surface area contributed by atoms with Crippen LogP contribution < -0.4 is 11.1 Å². The van der Waals surface area contributed by atoms with Crippen LogP contribution >= 0.6 is 0 Å². The molecule has 1 heterocycles. The molecule has 1 saturated heterocycles. The van der Waals surface area contributed by atoms with Gasteiger partial charge in [-0.1, -0.05) is 0 Å². The average Bonchev–Trinajstić information content (AvgIpc) is 2.79. The molecular weight excluding hydrogens is 283 g/mol. The number of anilines is 1. The highest BCUT2D eigenvalue weighted by atomic mass is 19.4. The van der Waals surface area contributed by atoms with Crippen LogP contribution in [0.2, 0.25) is 0 Å². The van der Waals surface area contributed by atoms with Crippen LogP contribution in [0.25, 0.3) is 0 Å². The molecule has 1 fully saturated rings. The summed E-state index contributed by atoms with van der Waals surface area (Å²) in [6.45, 7) is 1.39. The van der Waals surface area contributed by atoms with Crippen molar-refractivity contribution in [3.63, 3.8) is 0 Å². The number of halogens is 3. The van der Waals surface area contributed by atoms with Crippen LogP contribution in [0.3, 0.4) is 0 Å². The largest absolute Gasteiger partial charge is 0.416 e. The summed E-state index contributed by atoms with van der Waals surface area (Å²) in [6.07, 6.45) is -2.48. The van der Waals surface area contributed by atoms with E-state index >= 15 is 0 Å². The second-order valence-corrected chi connectivity index (χ2v) is 5.33. The lowest BCUT2D eigenvalue weighted by molar-refractivity contribution is -0.137. The molecule has 1 atom stereocenters. The average molecular weight is 301 g/mol. The third-order valence-corrected chi connectivity index (χ3v) is 3.71. The number of nitrogens with one attached hydrogen (secondary N) is 1. The molecule has 1 aromatic carbocycles. The Kier molecular flexibility index (Phi) is 4.41. The van der Waals surface area contributed by atoms with Gasteiger partial charge in [-0.05, 0) is 44.6 Å². The van der Waals surface area contributed by atoms with E-state index in [9.17, 15) is 18.0 Å². The van der Waals surface area contributed by atoms with E-state index in [1.54, 1.807) is 0 Å². The van der Waals surface area contributed by atoms with Crippen molar-refractivity contribution in [2.75, 3.05) is 25.9 Å². The molecule has 0 saturated carbocycles. The lowest BCUT2D eigenvalue weighted by atomic mass is 10.1. The van der Waals surface area contributed by atoms with Gasteiger partial charge in [-0.25, -0.2) is 0 Å². The molecule has 0 bridgehead atoms. The number of carbonyl (C=O) groups excluding carboxylic acids is 1. The maximum atomic E-state index is 12.7. The lowest BCUT2D eigenvalue weighted by Crippen LogP contribution is -2.38. The highest BCUT2D eigenvalue weighted by Crippen LogP contribution is 2.31. The minimum absolute atomic E-state index is 0.0667. The summed E-state index contributed by atoms with van der Waals surface area (Å²) in [4.78, 5) is 14.1. The Bertz CT molecular complexity index is 531. The first-order chi connectivity index (χ1) is 9.77. The number of alkyl halides is 3. The summed E-state index contributed by atoms with van der Waals surface area (Å²) in [5, 5.41) is 2.67. The molecule has 0 aliphatic carbocycles. The Balaban J connectivity index is 2.07. The van der Waals surface area contributed by atoms with Crippen LogP contribution in [0.15, 0.2) is 18.2 Å². The number of amides is 1. The molecule has 116 valence electrons. The van der Waals surface area contributed by atoms with Crippen LogP contribution in [0, 0.1) is 0 Å². The molecule has 21 heavy (non-hydrogen) atoms. The molecule has 3 N–H and O–H groups in total. The van der Waals surface area contributed by atoms with Crippen molar-refractivity contribution in [2.45, 2.75) is 25.1 Å². The third-order valence-electron chi connectivity index (χ3n) is 3.71. The Hall–Kier alpha value is -1.76. The number of hydrogen-bond donors (Lipinski definition) is 2. The smallest absolute Gasteiger partial charge is 0.399 e.